The lowest BCUT2D eigenvalue weighted by Gasteiger charge is -2.19. The summed E-state index contributed by atoms with van der Waals surface area (Å²) in [6.45, 7) is 0. The summed E-state index contributed by atoms with van der Waals surface area (Å²) in [6, 6.07) is 10.4. The number of carbonyl (C=O) groups is 2. The molecule has 0 radical (unpaired) electrons. The van der Waals surface area contributed by atoms with Crippen LogP contribution in [0.4, 0.5) is 27.6 Å². The van der Waals surface area contributed by atoms with Gasteiger partial charge in [0.25, 0.3) is 11.8 Å². The number of fused-ring (bicyclic) bond motifs is 1. The van der Waals surface area contributed by atoms with Gasteiger partial charge in [0.05, 0.1) is 22.4 Å². The van der Waals surface area contributed by atoms with Gasteiger partial charge in [-0.05, 0) is 65.1 Å². The van der Waals surface area contributed by atoms with Gasteiger partial charge in [-0.25, -0.2) is 13.7 Å². The molecular weight excluding hydrogens is 536 g/mol. The summed E-state index contributed by atoms with van der Waals surface area (Å²) in [4.78, 5) is 26.4. The number of carbonyl (C=O) groups excluding carboxylic acids is 2. The molecule has 0 spiro atoms. The van der Waals surface area contributed by atoms with Crippen LogP contribution >= 0.6 is 22.6 Å². The molecule has 4 nitrogen and oxygen atoms in total. The predicted octanol–water partition coefficient (Wildman–Crippen LogP) is 6.18. The van der Waals surface area contributed by atoms with Crippen LogP contribution in [0, 0.1) is 15.2 Å². The quantitative estimate of drug-likeness (QED) is 0.225. The molecular formula is C21H9F5INO3. The topological polar surface area (TPSA) is 46.6 Å². The Kier molecular flexibility index (Phi) is 5.20. The van der Waals surface area contributed by atoms with Crippen LogP contribution in [0.5, 0.6) is 11.5 Å². The number of nitrogens with zero attached hydrogens (tertiary/aromatic N) is 1. The maximum absolute atomic E-state index is 14.3. The summed E-state index contributed by atoms with van der Waals surface area (Å²) in [5.41, 5.74) is -1.33. The van der Waals surface area contributed by atoms with Crippen molar-refractivity contribution in [3.05, 3.63) is 86.5 Å². The molecule has 0 aromatic heterocycles. The lowest BCUT2D eigenvalue weighted by Crippen LogP contribution is -2.29. The normalized spacial score (nSPS) is 13.5. The van der Waals surface area contributed by atoms with Crippen LogP contribution in [0.3, 0.4) is 0 Å². The Morgan fingerprint density at radius 2 is 1.39 bits per heavy atom. The molecule has 31 heavy (non-hydrogen) atoms. The van der Waals surface area contributed by atoms with E-state index >= 15 is 0 Å². The molecule has 10 heteroatoms. The second-order valence-corrected chi connectivity index (χ2v) is 7.72. The lowest BCUT2D eigenvalue weighted by atomic mass is 10.1. The summed E-state index contributed by atoms with van der Waals surface area (Å²) < 4.78 is 72.7. The summed E-state index contributed by atoms with van der Waals surface area (Å²) in [7, 11) is 0. The number of imide groups is 1. The zero-order valence-electron chi connectivity index (χ0n) is 15.1. The van der Waals surface area contributed by atoms with Crippen LogP contribution in [0.15, 0.2) is 54.6 Å². The highest BCUT2D eigenvalue weighted by molar-refractivity contribution is 14.1. The number of ether oxygens (including phenoxy) is 1. The van der Waals surface area contributed by atoms with E-state index in [1.165, 1.54) is 30.3 Å². The van der Waals surface area contributed by atoms with Gasteiger partial charge in [-0.15, -0.1) is 0 Å². The van der Waals surface area contributed by atoms with E-state index in [4.69, 9.17) is 4.74 Å². The second kappa shape index (κ2) is 7.59. The van der Waals surface area contributed by atoms with Gasteiger partial charge in [-0.1, -0.05) is 12.1 Å². The summed E-state index contributed by atoms with van der Waals surface area (Å²) in [6.07, 6.45) is -4.95. The first-order valence-electron chi connectivity index (χ1n) is 8.59. The third-order valence-corrected chi connectivity index (χ3v) is 5.16. The number of amides is 2. The zero-order chi connectivity index (χ0) is 22.5. The van der Waals surface area contributed by atoms with E-state index in [0.29, 0.717) is 3.57 Å². The third-order valence-electron chi connectivity index (χ3n) is 4.49. The number of halogens is 6. The molecule has 0 aliphatic carbocycles. The van der Waals surface area contributed by atoms with Crippen molar-refractivity contribution in [1.82, 2.24) is 0 Å². The van der Waals surface area contributed by atoms with Crippen molar-refractivity contribution >= 4 is 40.1 Å². The highest BCUT2D eigenvalue weighted by Gasteiger charge is 2.38. The molecule has 3 aromatic rings. The molecule has 0 atom stereocenters. The van der Waals surface area contributed by atoms with Crippen molar-refractivity contribution in [2.75, 3.05) is 4.90 Å². The molecule has 158 valence electrons. The van der Waals surface area contributed by atoms with Crippen molar-refractivity contribution in [3.63, 3.8) is 0 Å². The van der Waals surface area contributed by atoms with Crippen molar-refractivity contribution < 1.29 is 36.3 Å². The van der Waals surface area contributed by atoms with Crippen molar-refractivity contribution in [2.45, 2.75) is 6.18 Å². The van der Waals surface area contributed by atoms with E-state index in [1.54, 1.807) is 12.1 Å². The standard InChI is InChI=1S/C21H9F5INO3/c22-14-7-10(21(24,25)26)8-15(23)18(14)31-17-6-5-11(27)9-16(17)28-19(29)12-3-1-2-4-13(12)20(28)30/h1-9H. The first-order chi connectivity index (χ1) is 14.6. The molecule has 0 unspecified atom stereocenters. The van der Waals surface area contributed by atoms with Gasteiger partial charge >= 0.3 is 6.18 Å². The van der Waals surface area contributed by atoms with Crippen LogP contribution in [0.1, 0.15) is 26.3 Å². The molecule has 0 saturated carbocycles. The van der Waals surface area contributed by atoms with Crippen LogP contribution in [0.2, 0.25) is 0 Å². The number of rotatable bonds is 3. The lowest BCUT2D eigenvalue weighted by molar-refractivity contribution is -0.138. The Morgan fingerprint density at radius 3 is 1.90 bits per heavy atom. The summed E-state index contributed by atoms with van der Waals surface area (Å²) >= 11 is 1.90. The fourth-order valence-electron chi connectivity index (χ4n) is 3.09. The van der Waals surface area contributed by atoms with E-state index < -0.39 is 40.9 Å². The van der Waals surface area contributed by atoms with Crippen LogP contribution in [-0.4, -0.2) is 11.8 Å². The van der Waals surface area contributed by atoms with Gasteiger partial charge < -0.3 is 4.74 Å². The van der Waals surface area contributed by atoms with E-state index in [1.807, 2.05) is 22.6 Å². The fraction of sp³-hybridized carbons (Fsp3) is 0.0476. The maximum Gasteiger partial charge on any atom is 0.416 e. The first-order valence-corrected chi connectivity index (χ1v) is 9.67. The number of anilines is 1. The molecule has 1 aliphatic rings. The predicted molar refractivity (Wildman–Crippen MR) is 108 cm³/mol. The average molecular weight is 545 g/mol. The Labute approximate surface area is 185 Å². The minimum absolute atomic E-state index is 0.100. The van der Waals surface area contributed by atoms with Crippen LogP contribution in [-0.2, 0) is 6.18 Å². The Balaban J connectivity index is 1.78. The van der Waals surface area contributed by atoms with E-state index in [-0.39, 0.29) is 34.7 Å². The maximum atomic E-state index is 14.3. The molecule has 0 saturated heterocycles. The number of hydrogen-bond donors (Lipinski definition) is 0. The summed E-state index contributed by atoms with van der Waals surface area (Å²) in [5, 5.41) is 0. The molecule has 0 N–H and O–H groups in total. The highest BCUT2D eigenvalue weighted by Crippen LogP contribution is 2.41. The second-order valence-electron chi connectivity index (χ2n) is 6.47. The molecule has 0 fully saturated rings. The minimum Gasteiger partial charge on any atom is -0.449 e. The first kappa shape index (κ1) is 21.2. The number of hydrogen-bond acceptors (Lipinski definition) is 3. The number of alkyl halides is 3. The molecule has 1 heterocycles. The van der Waals surface area contributed by atoms with Crippen molar-refractivity contribution in [2.24, 2.45) is 0 Å². The van der Waals surface area contributed by atoms with Gasteiger partial charge in [-0.3, -0.25) is 9.59 Å². The van der Waals surface area contributed by atoms with Gasteiger partial charge in [0.15, 0.2) is 23.1 Å². The fourth-order valence-corrected chi connectivity index (χ4v) is 3.57. The van der Waals surface area contributed by atoms with E-state index in [0.717, 1.165) is 4.90 Å². The molecule has 1 aliphatic heterocycles. The van der Waals surface area contributed by atoms with Crippen molar-refractivity contribution in [3.8, 4) is 11.5 Å². The van der Waals surface area contributed by atoms with Crippen molar-refractivity contribution in [1.29, 1.82) is 0 Å². The van der Waals surface area contributed by atoms with Gasteiger partial charge in [-0.2, -0.15) is 13.2 Å². The zero-order valence-corrected chi connectivity index (χ0v) is 17.3. The van der Waals surface area contributed by atoms with Gasteiger partial charge in [0.1, 0.15) is 0 Å². The minimum atomic E-state index is -4.95. The Hall–Kier alpha value is -3.02. The molecule has 2 amide bonds. The smallest absolute Gasteiger partial charge is 0.416 e. The Bertz CT molecular complexity index is 1180. The largest absolute Gasteiger partial charge is 0.449 e. The summed E-state index contributed by atoms with van der Waals surface area (Å²) in [5.74, 6) is -5.88. The van der Waals surface area contributed by atoms with Gasteiger partial charge in [0, 0.05) is 3.57 Å². The average Bonchev–Trinajstić information content (AvgIpc) is 2.95. The molecule has 0 bridgehead atoms. The Morgan fingerprint density at radius 1 is 0.839 bits per heavy atom. The molecule has 3 aromatic carbocycles. The van der Waals surface area contributed by atoms with Crippen LogP contribution < -0.4 is 9.64 Å². The molecule has 4 rings (SSSR count). The number of benzene rings is 3. The highest BCUT2D eigenvalue weighted by atomic mass is 127. The SMILES string of the molecule is O=C1c2ccccc2C(=O)N1c1cc(I)ccc1Oc1c(F)cc(C(F)(F)F)cc1F. The van der Waals surface area contributed by atoms with Gasteiger partial charge in [0.2, 0.25) is 0 Å². The van der Waals surface area contributed by atoms with Crippen LogP contribution in [0.25, 0.3) is 0 Å². The van der Waals surface area contributed by atoms with E-state index in [9.17, 15) is 31.5 Å². The van der Waals surface area contributed by atoms with E-state index in [2.05, 4.69) is 0 Å². The monoisotopic (exact) mass is 545 g/mol. The third kappa shape index (κ3) is 3.75.